The van der Waals surface area contributed by atoms with E-state index in [9.17, 15) is 18.0 Å². The fourth-order valence-corrected chi connectivity index (χ4v) is 3.02. The number of aromatic amines is 1. The second kappa shape index (κ2) is 7.32. The molecule has 0 amide bonds. The zero-order valence-corrected chi connectivity index (χ0v) is 14.4. The molecule has 2 aromatic carbocycles. The highest BCUT2D eigenvalue weighted by molar-refractivity contribution is 6.03. The largest absolute Gasteiger partial charge is 0.433 e. The van der Waals surface area contributed by atoms with Crippen LogP contribution in [0.2, 0.25) is 0 Å². The van der Waals surface area contributed by atoms with E-state index in [0.717, 1.165) is 23.6 Å². The summed E-state index contributed by atoms with van der Waals surface area (Å²) in [7, 11) is 0. The predicted octanol–water partition coefficient (Wildman–Crippen LogP) is 6.01. The van der Waals surface area contributed by atoms with E-state index >= 15 is 0 Å². The number of fused-ring (bicyclic) bond motifs is 1. The molecule has 0 spiro atoms. The Balaban J connectivity index is 2.08. The number of carbonyl (C=O) groups is 1. The van der Waals surface area contributed by atoms with Gasteiger partial charge in [0.1, 0.15) is 5.69 Å². The molecule has 0 bridgehead atoms. The molecule has 0 aliphatic carbocycles. The predicted molar refractivity (Wildman–Crippen MR) is 95.0 cm³/mol. The summed E-state index contributed by atoms with van der Waals surface area (Å²) in [6.45, 7) is 1.98. The number of halogens is 3. The van der Waals surface area contributed by atoms with Crippen molar-refractivity contribution in [2.24, 2.45) is 0 Å². The SMILES string of the molecule is CCCCCC(=O)c1c(-c2ccc3ccccc3c2)n[nH]c1C(F)(F)F. The summed E-state index contributed by atoms with van der Waals surface area (Å²) in [5, 5.41) is 7.73. The maximum absolute atomic E-state index is 13.4. The van der Waals surface area contributed by atoms with E-state index in [1.165, 1.54) is 0 Å². The van der Waals surface area contributed by atoms with E-state index in [-0.39, 0.29) is 17.7 Å². The quantitative estimate of drug-likeness (QED) is 0.432. The third kappa shape index (κ3) is 3.64. The molecular weight excluding hydrogens is 341 g/mol. The molecule has 0 aliphatic heterocycles. The molecule has 0 aliphatic rings. The average molecular weight is 360 g/mol. The molecule has 3 aromatic rings. The molecule has 0 saturated heterocycles. The number of nitrogens with zero attached hydrogens (tertiary/aromatic N) is 1. The van der Waals surface area contributed by atoms with E-state index < -0.39 is 17.7 Å². The first-order valence-electron chi connectivity index (χ1n) is 8.59. The molecule has 0 unspecified atom stereocenters. The maximum Gasteiger partial charge on any atom is 0.433 e. The molecule has 0 atom stereocenters. The Morgan fingerprint density at radius 2 is 1.81 bits per heavy atom. The van der Waals surface area contributed by atoms with Gasteiger partial charge in [-0.25, -0.2) is 0 Å². The molecule has 1 heterocycles. The van der Waals surface area contributed by atoms with E-state index in [1.54, 1.807) is 12.1 Å². The van der Waals surface area contributed by atoms with Gasteiger partial charge in [-0.3, -0.25) is 9.89 Å². The highest BCUT2D eigenvalue weighted by Crippen LogP contribution is 2.36. The zero-order valence-electron chi connectivity index (χ0n) is 14.4. The van der Waals surface area contributed by atoms with Gasteiger partial charge < -0.3 is 0 Å². The smallest absolute Gasteiger partial charge is 0.294 e. The average Bonchev–Trinajstić information content (AvgIpc) is 3.07. The highest BCUT2D eigenvalue weighted by atomic mass is 19.4. The van der Waals surface area contributed by atoms with Crippen molar-refractivity contribution in [3.05, 3.63) is 53.7 Å². The van der Waals surface area contributed by atoms with Crippen molar-refractivity contribution < 1.29 is 18.0 Å². The standard InChI is InChI=1S/C20H19F3N2O/c1-2-3-4-9-16(26)17-18(24-25-19(17)20(21,22)23)15-11-10-13-7-5-6-8-14(13)12-15/h5-8,10-12H,2-4,9H2,1H3,(H,24,25). The molecular formula is C20H19F3N2O. The van der Waals surface area contributed by atoms with Crippen molar-refractivity contribution in [3.8, 4) is 11.3 Å². The van der Waals surface area contributed by atoms with Gasteiger partial charge >= 0.3 is 6.18 Å². The number of H-pyrrole nitrogens is 1. The maximum atomic E-state index is 13.4. The number of Topliss-reactive ketones (excluding diaryl/α,β-unsaturated/α-hetero) is 1. The molecule has 136 valence electrons. The summed E-state index contributed by atoms with van der Waals surface area (Å²) < 4.78 is 40.1. The Labute approximate surface area is 149 Å². The van der Waals surface area contributed by atoms with Crippen LogP contribution in [0.4, 0.5) is 13.2 Å². The van der Waals surface area contributed by atoms with Gasteiger partial charge in [0.05, 0.1) is 5.56 Å². The third-order valence-corrected chi connectivity index (χ3v) is 4.36. The van der Waals surface area contributed by atoms with E-state index in [1.807, 2.05) is 42.4 Å². The molecule has 1 N–H and O–H groups in total. The van der Waals surface area contributed by atoms with Crippen LogP contribution in [0.25, 0.3) is 22.0 Å². The lowest BCUT2D eigenvalue weighted by atomic mass is 9.97. The number of ketones is 1. The van der Waals surface area contributed by atoms with Crippen molar-refractivity contribution in [3.63, 3.8) is 0 Å². The van der Waals surface area contributed by atoms with Gasteiger partial charge in [0.2, 0.25) is 0 Å². The van der Waals surface area contributed by atoms with Crippen LogP contribution in [-0.4, -0.2) is 16.0 Å². The van der Waals surface area contributed by atoms with Gasteiger partial charge in [0.25, 0.3) is 0 Å². The Morgan fingerprint density at radius 1 is 1.08 bits per heavy atom. The number of nitrogens with one attached hydrogen (secondary N) is 1. The summed E-state index contributed by atoms with van der Waals surface area (Å²) in [6.07, 6.45) is -2.32. The van der Waals surface area contributed by atoms with Crippen molar-refractivity contribution >= 4 is 16.6 Å². The first-order valence-corrected chi connectivity index (χ1v) is 8.59. The van der Waals surface area contributed by atoms with Crippen LogP contribution in [-0.2, 0) is 6.18 Å². The molecule has 6 heteroatoms. The second-order valence-corrected chi connectivity index (χ2v) is 6.26. The summed E-state index contributed by atoms with van der Waals surface area (Å²) >= 11 is 0. The van der Waals surface area contributed by atoms with Gasteiger partial charge in [-0.1, -0.05) is 56.2 Å². The zero-order chi connectivity index (χ0) is 18.7. The molecule has 0 saturated carbocycles. The van der Waals surface area contributed by atoms with Crippen LogP contribution >= 0.6 is 0 Å². The minimum absolute atomic E-state index is 0.0598. The summed E-state index contributed by atoms with van der Waals surface area (Å²) in [6, 6.07) is 12.8. The minimum atomic E-state index is -4.65. The van der Waals surface area contributed by atoms with Crippen molar-refractivity contribution in [2.45, 2.75) is 38.8 Å². The second-order valence-electron chi connectivity index (χ2n) is 6.26. The number of alkyl halides is 3. The van der Waals surface area contributed by atoms with Crippen LogP contribution in [0, 0.1) is 0 Å². The highest BCUT2D eigenvalue weighted by Gasteiger charge is 2.39. The van der Waals surface area contributed by atoms with Gasteiger partial charge in [0, 0.05) is 12.0 Å². The number of rotatable bonds is 6. The summed E-state index contributed by atoms with van der Waals surface area (Å²) in [4.78, 5) is 12.5. The first kappa shape index (κ1) is 18.2. The molecule has 3 nitrogen and oxygen atoms in total. The molecule has 3 rings (SSSR count). The van der Waals surface area contributed by atoms with Gasteiger partial charge in [-0.15, -0.1) is 0 Å². The van der Waals surface area contributed by atoms with Crippen molar-refractivity contribution in [1.29, 1.82) is 0 Å². The third-order valence-electron chi connectivity index (χ3n) is 4.36. The molecule has 1 aromatic heterocycles. The normalized spacial score (nSPS) is 11.8. The number of unbranched alkanes of at least 4 members (excludes halogenated alkanes) is 2. The fourth-order valence-electron chi connectivity index (χ4n) is 3.02. The molecule has 0 fully saturated rings. The number of aromatic nitrogens is 2. The summed E-state index contributed by atoms with van der Waals surface area (Å²) in [5.74, 6) is -0.525. The summed E-state index contributed by atoms with van der Waals surface area (Å²) in [5.41, 5.74) is -0.870. The van der Waals surface area contributed by atoms with Crippen LogP contribution in [0.3, 0.4) is 0 Å². The lowest BCUT2D eigenvalue weighted by Crippen LogP contribution is -2.13. The van der Waals surface area contributed by atoms with Gasteiger partial charge in [-0.2, -0.15) is 18.3 Å². The number of carbonyl (C=O) groups excluding carboxylic acids is 1. The first-order chi connectivity index (χ1) is 12.4. The van der Waals surface area contributed by atoms with E-state index in [2.05, 4.69) is 5.10 Å². The number of benzene rings is 2. The lowest BCUT2D eigenvalue weighted by molar-refractivity contribution is -0.141. The Morgan fingerprint density at radius 3 is 2.50 bits per heavy atom. The number of hydrogen-bond donors (Lipinski definition) is 1. The van der Waals surface area contributed by atoms with E-state index in [4.69, 9.17) is 0 Å². The van der Waals surface area contributed by atoms with Gasteiger partial charge in [0.15, 0.2) is 11.5 Å². The van der Waals surface area contributed by atoms with Crippen molar-refractivity contribution in [2.75, 3.05) is 0 Å². The van der Waals surface area contributed by atoms with Crippen LogP contribution < -0.4 is 0 Å². The number of hydrogen-bond acceptors (Lipinski definition) is 2. The Hall–Kier alpha value is -2.63. The van der Waals surface area contributed by atoms with Crippen LogP contribution in [0.5, 0.6) is 0 Å². The Bertz CT molecular complexity index is 928. The molecule has 26 heavy (non-hydrogen) atoms. The molecule has 0 radical (unpaired) electrons. The lowest BCUT2D eigenvalue weighted by Gasteiger charge is -2.09. The minimum Gasteiger partial charge on any atom is -0.294 e. The van der Waals surface area contributed by atoms with Gasteiger partial charge in [-0.05, 0) is 23.3 Å². The van der Waals surface area contributed by atoms with Crippen molar-refractivity contribution in [1.82, 2.24) is 10.2 Å². The van der Waals surface area contributed by atoms with Crippen LogP contribution in [0.15, 0.2) is 42.5 Å². The van der Waals surface area contributed by atoms with Crippen LogP contribution in [0.1, 0.15) is 48.7 Å². The topological polar surface area (TPSA) is 45.8 Å². The monoisotopic (exact) mass is 360 g/mol. The van der Waals surface area contributed by atoms with E-state index in [0.29, 0.717) is 12.0 Å². The Kier molecular flexibility index (Phi) is 5.11. The fraction of sp³-hybridized carbons (Fsp3) is 0.300.